The fourth-order valence-electron chi connectivity index (χ4n) is 1.89. The fraction of sp³-hybridized carbons (Fsp3) is 0. The molecule has 0 aliphatic rings. The quantitative estimate of drug-likeness (QED) is 0.637. The number of anilines is 1. The lowest BCUT2D eigenvalue weighted by atomic mass is 10.3. The van der Waals surface area contributed by atoms with Gasteiger partial charge in [-0.3, -0.25) is 4.72 Å². The average Bonchev–Trinajstić information content (AvgIpc) is 2.98. The summed E-state index contributed by atoms with van der Waals surface area (Å²) in [6, 6.07) is 19.4. The smallest absolute Gasteiger partial charge is 0.271 e. The Morgan fingerprint density at radius 3 is 2.30 bits per heavy atom. The van der Waals surface area contributed by atoms with Crippen LogP contribution in [0, 0.1) is 0 Å². The number of hydrogen-bond acceptors (Lipinski definition) is 4. The van der Waals surface area contributed by atoms with Gasteiger partial charge in [0.25, 0.3) is 10.0 Å². The fourth-order valence-corrected chi connectivity index (χ4v) is 4.97. The van der Waals surface area contributed by atoms with Crippen molar-refractivity contribution in [3.05, 3.63) is 70.5 Å². The Bertz CT molecular complexity index is 908. The van der Waals surface area contributed by atoms with Crippen LogP contribution in [0.15, 0.2) is 74.7 Å². The van der Waals surface area contributed by atoms with Gasteiger partial charge in [-0.15, -0.1) is 11.3 Å². The standard InChI is InChI=1S/C16H12BrNO3S2/c17-15-10-11-16(22-15)23(19,20)18-13-8-4-5-9-14(13)21-12-6-2-1-3-7-12/h1-11,18H. The molecule has 0 amide bonds. The van der Waals surface area contributed by atoms with Gasteiger partial charge in [0.05, 0.1) is 9.47 Å². The summed E-state index contributed by atoms with van der Waals surface area (Å²) in [4.78, 5) is 0. The molecule has 23 heavy (non-hydrogen) atoms. The van der Waals surface area contributed by atoms with Crippen molar-refractivity contribution < 1.29 is 13.2 Å². The number of sulfonamides is 1. The molecule has 1 N–H and O–H groups in total. The van der Waals surface area contributed by atoms with Gasteiger partial charge in [-0.2, -0.15) is 0 Å². The van der Waals surface area contributed by atoms with Crippen molar-refractivity contribution in [3.8, 4) is 11.5 Å². The second kappa shape index (κ2) is 6.74. The predicted molar refractivity (Wildman–Crippen MR) is 95.8 cm³/mol. The van der Waals surface area contributed by atoms with Gasteiger partial charge in [-0.1, -0.05) is 30.3 Å². The summed E-state index contributed by atoms with van der Waals surface area (Å²) in [6.07, 6.45) is 0. The molecular formula is C16H12BrNO3S2. The van der Waals surface area contributed by atoms with Crippen LogP contribution in [0.5, 0.6) is 11.5 Å². The normalized spacial score (nSPS) is 11.2. The maximum atomic E-state index is 12.4. The second-order valence-electron chi connectivity index (χ2n) is 4.58. The van der Waals surface area contributed by atoms with Crippen molar-refractivity contribution in [2.45, 2.75) is 4.21 Å². The van der Waals surface area contributed by atoms with Gasteiger partial charge in [0.15, 0.2) is 5.75 Å². The zero-order valence-corrected chi connectivity index (χ0v) is 15.0. The molecule has 0 saturated heterocycles. The van der Waals surface area contributed by atoms with Crippen LogP contribution in [-0.4, -0.2) is 8.42 Å². The molecule has 7 heteroatoms. The summed E-state index contributed by atoms with van der Waals surface area (Å²) in [5.41, 5.74) is 0.390. The van der Waals surface area contributed by atoms with E-state index in [2.05, 4.69) is 20.7 Å². The van der Waals surface area contributed by atoms with Crippen LogP contribution in [0.1, 0.15) is 0 Å². The lowest BCUT2D eigenvalue weighted by Gasteiger charge is -2.12. The van der Waals surface area contributed by atoms with Gasteiger partial charge >= 0.3 is 0 Å². The monoisotopic (exact) mass is 409 g/mol. The Balaban J connectivity index is 1.89. The number of para-hydroxylation sites is 3. The summed E-state index contributed by atoms with van der Waals surface area (Å²) in [5, 5.41) is 0. The Morgan fingerprint density at radius 1 is 0.913 bits per heavy atom. The highest BCUT2D eigenvalue weighted by atomic mass is 79.9. The Hall–Kier alpha value is -1.83. The Kier molecular flexibility index (Phi) is 4.70. The highest BCUT2D eigenvalue weighted by Crippen LogP contribution is 2.33. The first-order valence-electron chi connectivity index (χ1n) is 6.65. The van der Waals surface area contributed by atoms with E-state index in [1.165, 1.54) is 0 Å². The van der Waals surface area contributed by atoms with Crippen LogP contribution in [0.25, 0.3) is 0 Å². The molecular weight excluding hydrogens is 398 g/mol. The van der Waals surface area contributed by atoms with Crippen LogP contribution in [-0.2, 0) is 10.0 Å². The number of hydrogen-bond donors (Lipinski definition) is 1. The number of thiophene rings is 1. The summed E-state index contributed by atoms with van der Waals surface area (Å²) in [5.74, 6) is 1.08. The van der Waals surface area contributed by atoms with Crippen molar-refractivity contribution in [2.75, 3.05) is 4.72 Å². The Labute approximate surface area is 146 Å². The van der Waals surface area contributed by atoms with E-state index in [1.54, 1.807) is 36.4 Å². The minimum Gasteiger partial charge on any atom is -0.455 e. The molecule has 0 radical (unpaired) electrons. The second-order valence-corrected chi connectivity index (χ2v) is 8.95. The summed E-state index contributed by atoms with van der Waals surface area (Å²) >= 11 is 4.42. The van der Waals surface area contributed by atoms with Crippen LogP contribution >= 0.6 is 27.3 Å². The van der Waals surface area contributed by atoms with Gasteiger partial charge in [0.1, 0.15) is 9.96 Å². The molecule has 0 atom stereocenters. The first-order chi connectivity index (χ1) is 11.0. The molecule has 0 spiro atoms. The van der Waals surface area contributed by atoms with E-state index in [0.29, 0.717) is 17.2 Å². The third kappa shape index (κ3) is 3.93. The van der Waals surface area contributed by atoms with Crippen molar-refractivity contribution in [3.63, 3.8) is 0 Å². The summed E-state index contributed by atoms with van der Waals surface area (Å²) in [7, 11) is -3.65. The van der Waals surface area contributed by atoms with Gasteiger partial charge in [0.2, 0.25) is 0 Å². The third-order valence-corrected chi connectivity index (χ3v) is 6.40. The zero-order chi connectivity index (χ0) is 16.3. The summed E-state index contributed by atoms with van der Waals surface area (Å²) in [6.45, 7) is 0. The van der Waals surface area contributed by atoms with Gasteiger partial charge in [-0.05, 0) is 52.3 Å². The molecule has 1 aromatic heterocycles. The van der Waals surface area contributed by atoms with Gasteiger partial charge in [-0.25, -0.2) is 8.42 Å². The molecule has 118 valence electrons. The van der Waals surface area contributed by atoms with Crippen LogP contribution in [0.2, 0.25) is 0 Å². The molecule has 1 heterocycles. The highest BCUT2D eigenvalue weighted by Gasteiger charge is 2.18. The minimum atomic E-state index is -3.65. The molecule has 0 aliphatic carbocycles. The van der Waals surface area contributed by atoms with E-state index in [-0.39, 0.29) is 4.21 Å². The predicted octanol–water partition coefficient (Wildman–Crippen LogP) is 5.10. The van der Waals surface area contributed by atoms with Crippen LogP contribution in [0.3, 0.4) is 0 Å². The molecule has 0 unspecified atom stereocenters. The van der Waals surface area contributed by atoms with Crippen molar-refractivity contribution >= 4 is 43.0 Å². The first-order valence-corrected chi connectivity index (χ1v) is 9.74. The number of rotatable bonds is 5. The Morgan fingerprint density at radius 2 is 1.61 bits per heavy atom. The SMILES string of the molecule is O=S(=O)(Nc1ccccc1Oc1ccccc1)c1ccc(Br)s1. The van der Waals surface area contributed by atoms with E-state index >= 15 is 0 Å². The number of halogens is 1. The molecule has 0 saturated carbocycles. The molecule has 2 aromatic carbocycles. The lowest BCUT2D eigenvalue weighted by molar-refractivity contribution is 0.485. The van der Waals surface area contributed by atoms with E-state index in [9.17, 15) is 8.42 Å². The maximum absolute atomic E-state index is 12.4. The van der Waals surface area contributed by atoms with E-state index in [4.69, 9.17) is 4.74 Å². The van der Waals surface area contributed by atoms with E-state index in [0.717, 1.165) is 15.1 Å². The minimum absolute atomic E-state index is 0.235. The highest BCUT2D eigenvalue weighted by molar-refractivity contribution is 9.11. The van der Waals surface area contributed by atoms with Crippen molar-refractivity contribution in [2.24, 2.45) is 0 Å². The number of ether oxygens (including phenoxy) is 1. The third-order valence-electron chi connectivity index (χ3n) is 2.92. The molecule has 0 aliphatic heterocycles. The van der Waals surface area contributed by atoms with E-state index < -0.39 is 10.0 Å². The molecule has 0 fully saturated rings. The molecule has 3 aromatic rings. The number of benzene rings is 2. The van der Waals surface area contributed by atoms with Crippen molar-refractivity contribution in [1.29, 1.82) is 0 Å². The zero-order valence-electron chi connectivity index (χ0n) is 11.8. The molecule has 3 rings (SSSR count). The first kappa shape index (κ1) is 16.0. The average molecular weight is 410 g/mol. The van der Waals surface area contributed by atoms with Crippen LogP contribution < -0.4 is 9.46 Å². The van der Waals surface area contributed by atoms with Crippen LogP contribution in [0.4, 0.5) is 5.69 Å². The van der Waals surface area contributed by atoms with Gasteiger partial charge < -0.3 is 4.74 Å². The summed E-state index contributed by atoms with van der Waals surface area (Å²) < 4.78 is 34.2. The largest absolute Gasteiger partial charge is 0.455 e. The van der Waals surface area contributed by atoms with E-state index in [1.807, 2.05) is 30.3 Å². The lowest BCUT2D eigenvalue weighted by Crippen LogP contribution is -2.12. The number of nitrogens with one attached hydrogen (secondary N) is 1. The maximum Gasteiger partial charge on any atom is 0.271 e. The topological polar surface area (TPSA) is 55.4 Å². The van der Waals surface area contributed by atoms with Gasteiger partial charge in [0, 0.05) is 0 Å². The molecule has 4 nitrogen and oxygen atoms in total. The molecule has 0 bridgehead atoms. The van der Waals surface area contributed by atoms with Crippen molar-refractivity contribution in [1.82, 2.24) is 0 Å².